The molecule has 2 aromatic carbocycles. The van der Waals surface area contributed by atoms with Crippen molar-refractivity contribution in [1.29, 1.82) is 0 Å². The molecule has 0 spiro atoms. The Morgan fingerprint density at radius 2 is 0.903 bits per heavy atom. The molecule has 0 amide bonds. The lowest BCUT2D eigenvalue weighted by Crippen LogP contribution is -2.08. The van der Waals surface area contributed by atoms with Crippen LogP contribution in [0.15, 0.2) is 46.2 Å². The van der Waals surface area contributed by atoms with Crippen molar-refractivity contribution in [3.8, 4) is 0 Å². The lowest BCUT2D eigenvalue weighted by molar-refractivity contribution is -0.140. The van der Waals surface area contributed by atoms with Crippen molar-refractivity contribution in [2.45, 2.75) is 22.1 Å². The van der Waals surface area contributed by atoms with Gasteiger partial charge in [0.05, 0.1) is 31.0 Å². The number of hydrogen-bond acceptors (Lipinski definition) is 6. The summed E-state index contributed by atoms with van der Waals surface area (Å²) in [6, 6.07) is 5.63. The van der Waals surface area contributed by atoms with Gasteiger partial charge in [-0.25, -0.2) is 16.8 Å². The highest BCUT2D eigenvalue weighted by Gasteiger charge is 2.35. The van der Waals surface area contributed by atoms with Crippen LogP contribution in [0.1, 0.15) is 11.1 Å². The van der Waals surface area contributed by atoms with Crippen LogP contribution in [0.3, 0.4) is 0 Å². The van der Waals surface area contributed by atoms with Crippen LogP contribution in [-0.2, 0) is 45.3 Å². The molecule has 0 aliphatic rings. The molecule has 0 unspecified atom stereocenters. The molecule has 0 fully saturated rings. The highest BCUT2D eigenvalue weighted by molar-refractivity contribution is 7.73. The first-order valence-corrected chi connectivity index (χ1v) is 10.8. The van der Waals surface area contributed by atoms with E-state index >= 15 is 0 Å². The molecule has 0 saturated carbocycles. The molecule has 2 aromatic rings. The molecule has 6 nitrogen and oxygen atoms in total. The first-order chi connectivity index (χ1) is 14.1. The molecule has 0 N–H and O–H groups in total. The summed E-state index contributed by atoms with van der Waals surface area (Å²) < 4.78 is 132. The predicted octanol–water partition coefficient (Wildman–Crippen LogP) is 3.99. The van der Waals surface area contributed by atoms with Crippen LogP contribution in [0.2, 0.25) is 10.0 Å². The minimum Gasteiger partial charge on any atom is -0.227 e. The third-order valence-electron chi connectivity index (χ3n) is 2.95. The predicted molar refractivity (Wildman–Crippen MR) is 99.0 cm³/mol. The quantitative estimate of drug-likeness (QED) is 0.431. The second-order valence-corrected chi connectivity index (χ2v) is 7.72. The number of benzene rings is 2. The first kappa shape index (κ1) is 29.3. The van der Waals surface area contributed by atoms with Crippen molar-refractivity contribution in [3.63, 3.8) is 0 Å². The van der Waals surface area contributed by atoms with Crippen molar-refractivity contribution in [1.82, 2.24) is 0 Å². The summed E-state index contributed by atoms with van der Waals surface area (Å²) in [5.41, 5.74) is -2.47. The number of thiol groups is 2. The minimum absolute atomic E-state index is 0.420. The van der Waals surface area contributed by atoms with E-state index in [0.29, 0.717) is 12.1 Å². The molecule has 0 saturated heterocycles. The average Bonchev–Trinajstić information content (AvgIpc) is 2.60. The Morgan fingerprint density at radius 1 is 0.645 bits per heavy atom. The molecular formula is C14H8Cl2F6O6S3. The Hall–Kier alpha value is -1.68. The van der Waals surface area contributed by atoms with E-state index < -0.39 is 76.3 Å². The van der Waals surface area contributed by atoms with Crippen LogP contribution in [-0.4, -0.2) is 25.3 Å². The average molecular weight is 553 g/mol. The number of alkyl halides is 6. The summed E-state index contributed by atoms with van der Waals surface area (Å²) in [6.45, 7) is 0. The molecule has 2 rings (SSSR count). The third kappa shape index (κ3) is 9.14. The molecular weight excluding hydrogens is 545 g/mol. The summed E-state index contributed by atoms with van der Waals surface area (Å²) >= 11 is 9.94. The molecule has 174 valence electrons. The molecule has 0 aromatic heterocycles. The van der Waals surface area contributed by atoms with Gasteiger partial charge in [-0.15, -0.1) is 0 Å². The van der Waals surface area contributed by atoms with E-state index in [1.807, 2.05) is 0 Å². The fraction of sp³-hybridized carbons (Fsp3) is 0.143. The van der Waals surface area contributed by atoms with Crippen molar-refractivity contribution < 1.29 is 51.6 Å². The molecule has 0 bridgehead atoms. The maximum atomic E-state index is 12.3. The highest BCUT2D eigenvalue weighted by Crippen LogP contribution is 2.36. The minimum atomic E-state index is -4.71. The molecule has 0 radical (unpaired) electrons. The Morgan fingerprint density at radius 3 is 1.06 bits per heavy atom. The lowest BCUT2D eigenvalue weighted by Gasteiger charge is -2.09. The lowest BCUT2D eigenvalue weighted by atomic mass is 10.2. The molecule has 0 heterocycles. The summed E-state index contributed by atoms with van der Waals surface area (Å²) in [5, 5.41) is -0.841. The van der Waals surface area contributed by atoms with E-state index in [1.54, 1.807) is 0 Å². The van der Waals surface area contributed by atoms with Crippen LogP contribution in [0, 0.1) is 0 Å². The van der Waals surface area contributed by atoms with Gasteiger partial charge in [-0.3, -0.25) is 0 Å². The number of halogens is 8. The van der Waals surface area contributed by atoms with Crippen LogP contribution in [0.25, 0.3) is 0 Å². The van der Waals surface area contributed by atoms with Gasteiger partial charge in [0.1, 0.15) is 0 Å². The fourth-order valence-corrected chi connectivity index (χ4v) is 3.92. The Bertz CT molecular complexity index is 1010. The van der Waals surface area contributed by atoms with Gasteiger partial charge in [0.15, 0.2) is 21.4 Å². The zero-order chi connectivity index (χ0) is 24.6. The van der Waals surface area contributed by atoms with E-state index in [9.17, 15) is 43.2 Å². The normalized spacial score (nSPS) is 11.3. The summed E-state index contributed by atoms with van der Waals surface area (Å²) in [5.74, 6) is 0. The molecule has 0 aliphatic heterocycles. The second-order valence-electron chi connectivity index (χ2n) is 4.85. The second kappa shape index (κ2) is 12.4. The smallest absolute Gasteiger partial charge is 0.227 e. The third-order valence-corrected chi connectivity index (χ3v) is 5.54. The van der Waals surface area contributed by atoms with Gasteiger partial charge >= 0.3 is 23.9 Å². The first-order valence-electron chi connectivity index (χ1n) is 7.01. The molecule has 31 heavy (non-hydrogen) atoms. The van der Waals surface area contributed by atoms with Gasteiger partial charge in [0.2, 0.25) is 0 Å². The van der Waals surface area contributed by atoms with E-state index in [1.165, 1.54) is 0 Å². The van der Waals surface area contributed by atoms with E-state index in [4.69, 9.17) is 31.6 Å². The van der Waals surface area contributed by atoms with Crippen molar-refractivity contribution in [2.24, 2.45) is 0 Å². The van der Waals surface area contributed by atoms with Gasteiger partial charge in [0, 0.05) is 0 Å². The Balaban J connectivity index is 0.000000516. The zero-order valence-corrected chi connectivity index (χ0v) is 18.4. The van der Waals surface area contributed by atoms with Crippen LogP contribution >= 0.6 is 23.2 Å². The zero-order valence-electron chi connectivity index (χ0n) is 14.2. The molecule has 0 atom stereocenters. The number of hydrogen-bond donors (Lipinski definition) is 2. The van der Waals surface area contributed by atoms with Crippen LogP contribution in [0.4, 0.5) is 26.3 Å². The highest BCUT2D eigenvalue weighted by atomic mass is 35.5. The maximum Gasteiger partial charge on any atom is 0.417 e. The van der Waals surface area contributed by atoms with Gasteiger partial charge < -0.3 is 0 Å². The van der Waals surface area contributed by atoms with Crippen molar-refractivity contribution >= 4 is 56.2 Å². The summed E-state index contributed by atoms with van der Waals surface area (Å²) in [4.78, 5) is -1.76. The monoisotopic (exact) mass is 552 g/mol. The largest absolute Gasteiger partial charge is 0.417 e. The topological polar surface area (TPSA) is 102 Å². The van der Waals surface area contributed by atoms with Crippen LogP contribution < -0.4 is 0 Å². The van der Waals surface area contributed by atoms with Gasteiger partial charge in [0.25, 0.3) is 0 Å². The Kier molecular flexibility index (Phi) is 11.7. The SMILES string of the molecule is O=S=O.O=[SH](=O)c1c(Cl)cccc1C(F)(F)F.O=[SH](=O)c1c(Cl)cccc1C(F)(F)F. The molecule has 17 heteroatoms. The molecule has 0 aliphatic carbocycles. The Labute approximate surface area is 187 Å². The summed E-state index contributed by atoms with van der Waals surface area (Å²) in [7, 11) is -6.71. The van der Waals surface area contributed by atoms with Crippen molar-refractivity contribution in [3.05, 3.63) is 57.6 Å². The van der Waals surface area contributed by atoms with Crippen LogP contribution in [0.5, 0.6) is 0 Å². The standard InChI is InChI=1S/2C7H4ClF3O2S.O2S/c2*8-5-3-1-2-4(7(9,10)11)6(5)14(12)13;1-3-2/h2*1-3,14H;. The van der Waals surface area contributed by atoms with Gasteiger partial charge in [-0.2, -0.15) is 34.8 Å². The van der Waals surface area contributed by atoms with Crippen molar-refractivity contribution in [2.75, 3.05) is 0 Å². The van der Waals surface area contributed by atoms with E-state index in [0.717, 1.165) is 24.3 Å². The van der Waals surface area contributed by atoms with Gasteiger partial charge in [-0.05, 0) is 24.3 Å². The fourth-order valence-electron chi connectivity index (χ4n) is 1.86. The van der Waals surface area contributed by atoms with E-state index in [2.05, 4.69) is 0 Å². The maximum absolute atomic E-state index is 12.3. The number of rotatable bonds is 2. The van der Waals surface area contributed by atoms with E-state index in [-0.39, 0.29) is 0 Å². The van der Waals surface area contributed by atoms with Gasteiger partial charge in [-0.1, -0.05) is 35.3 Å². The summed E-state index contributed by atoms with van der Waals surface area (Å²) in [6.07, 6.45) is -9.43.